The number of rotatable bonds is 4. The molecule has 0 spiro atoms. The smallest absolute Gasteiger partial charge is 0.218 e. The third kappa shape index (κ3) is 2.90. The van der Waals surface area contributed by atoms with Crippen molar-refractivity contribution in [1.82, 2.24) is 14.6 Å². The molecule has 1 fully saturated rings. The van der Waals surface area contributed by atoms with Crippen LogP contribution in [0.1, 0.15) is 23.4 Å². The number of nitrogens with zero attached hydrogens (tertiary/aromatic N) is 2. The van der Waals surface area contributed by atoms with Crippen LogP contribution in [0.15, 0.2) is 5.51 Å². The molecule has 1 aliphatic heterocycles. The van der Waals surface area contributed by atoms with Crippen molar-refractivity contribution >= 4 is 21.4 Å². The largest absolute Gasteiger partial charge is 0.315 e. The van der Waals surface area contributed by atoms with Crippen molar-refractivity contribution in [3.8, 4) is 0 Å². The number of hydrogen-bond donors (Lipinski definition) is 1. The van der Waals surface area contributed by atoms with Gasteiger partial charge in [0.1, 0.15) is 0 Å². The maximum absolute atomic E-state index is 12.4. The highest BCUT2D eigenvalue weighted by atomic mass is 32.2. The Bertz CT molecular complexity index is 492. The van der Waals surface area contributed by atoms with Crippen molar-refractivity contribution in [1.29, 1.82) is 0 Å². The molecular formula is C11H19N3O2S2. The molecule has 1 saturated heterocycles. The Morgan fingerprint density at radius 2 is 2.39 bits per heavy atom. The van der Waals surface area contributed by atoms with Gasteiger partial charge in [-0.05, 0) is 26.3 Å². The predicted molar refractivity (Wildman–Crippen MR) is 73.1 cm³/mol. The first-order valence-corrected chi connectivity index (χ1v) is 8.45. The highest BCUT2D eigenvalue weighted by Gasteiger charge is 2.31. The lowest BCUT2D eigenvalue weighted by Crippen LogP contribution is -2.44. The summed E-state index contributed by atoms with van der Waals surface area (Å²) >= 11 is 1.51. The van der Waals surface area contributed by atoms with E-state index in [1.807, 2.05) is 6.92 Å². The summed E-state index contributed by atoms with van der Waals surface area (Å²) < 4.78 is 26.2. The van der Waals surface area contributed by atoms with Crippen LogP contribution in [0.5, 0.6) is 0 Å². The first kappa shape index (κ1) is 13.9. The summed E-state index contributed by atoms with van der Waals surface area (Å²) in [5.74, 6) is 0. The van der Waals surface area contributed by atoms with Gasteiger partial charge >= 0.3 is 0 Å². The molecule has 2 heterocycles. The lowest BCUT2D eigenvalue weighted by Gasteiger charge is -2.27. The zero-order valence-electron chi connectivity index (χ0n) is 10.7. The Hall–Kier alpha value is -0.500. The minimum Gasteiger partial charge on any atom is -0.315 e. The van der Waals surface area contributed by atoms with Crippen molar-refractivity contribution in [2.75, 3.05) is 20.1 Å². The Morgan fingerprint density at radius 3 is 2.94 bits per heavy atom. The van der Waals surface area contributed by atoms with Crippen LogP contribution in [0.25, 0.3) is 0 Å². The highest BCUT2D eigenvalue weighted by Crippen LogP contribution is 2.20. The van der Waals surface area contributed by atoms with Crippen LogP contribution in [0, 0.1) is 6.92 Å². The second kappa shape index (κ2) is 5.64. The normalized spacial score (nSPS) is 21.4. The van der Waals surface area contributed by atoms with Crippen LogP contribution in [0.3, 0.4) is 0 Å². The second-order valence-electron chi connectivity index (χ2n) is 4.63. The topological polar surface area (TPSA) is 62.3 Å². The molecule has 18 heavy (non-hydrogen) atoms. The fraction of sp³-hybridized carbons (Fsp3) is 0.727. The molecule has 102 valence electrons. The first-order valence-electron chi connectivity index (χ1n) is 6.06. The second-order valence-corrected chi connectivity index (χ2v) is 7.89. The Labute approximate surface area is 112 Å². The molecule has 0 saturated carbocycles. The van der Waals surface area contributed by atoms with Crippen molar-refractivity contribution in [3.05, 3.63) is 16.1 Å². The molecule has 1 atom stereocenters. The fourth-order valence-electron chi connectivity index (χ4n) is 2.10. The third-order valence-corrected chi connectivity index (χ3v) is 6.48. The number of piperidine rings is 1. The van der Waals surface area contributed by atoms with E-state index < -0.39 is 10.0 Å². The van der Waals surface area contributed by atoms with E-state index in [2.05, 4.69) is 10.3 Å². The van der Waals surface area contributed by atoms with Gasteiger partial charge in [0.25, 0.3) is 0 Å². The third-order valence-electron chi connectivity index (χ3n) is 3.32. The van der Waals surface area contributed by atoms with E-state index in [4.69, 9.17) is 0 Å². The minimum atomic E-state index is -3.21. The van der Waals surface area contributed by atoms with Crippen LogP contribution < -0.4 is 5.32 Å². The average molecular weight is 289 g/mol. The number of aromatic nitrogens is 1. The van der Waals surface area contributed by atoms with E-state index in [0.717, 1.165) is 30.0 Å². The molecule has 0 aromatic carbocycles. The van der Waals surface area contributed by atoms with Crippen LogP contribution in [-0.4, -0.2) is 43.1 Å². The van der Waals surface area contributed by atoms with E-state index in [1.165, 1.54) is 15.6 Å². The monoisotopic (exact) mass is 289 g/mol. The zero-order chi connectivity index (χ0) is 13.2. The summed E-state index contributed by atoms with van der Waals surface area (Å²) in [5, 5.41) is 2.86. The van der Waals surface area contributed by atoms with E-state index in [1.54, 1.807) is 12.6 Å². The van der Waals surface area contributed by atoms with Gasteiger partial charge in [0, 0.05) is 25.0 Å². The molecule has 2 rings (SSSR count). The molecule has 1 aromatic heterocycles. The SMILES string of the molecule is Cc1ncsc1CN(C)S(=O)(=O)C1CCCNC1. The number of nitrogens with one attached hydrogen (secondary N) is 1. The molecule has 7 heteroatoms. The molecule has 0 bridgehead atoms. The maximum Gasteiger partial charge on any atom is 0.218 e. The van der Waals surface area contributed by atoms with Gasteiger partial charge in [-0.2, -0.15) is 4.31 Å². The van der Waals surface area contributed by atoms with Gasteiger partial charge in [-0.25, -0.2) is 13.4 Å². The molecule has 1 unspecified atom stereocenters. The van der Waals surface area contributed by atoms with E-state index in [-0.39, 0.29) is 5.25 Å². The van der Waals surface area contributed by atoms with Crippen LogP contribution in [0.2, 0.25) is 0 Å². The summed E-state index contributed by atoms with van der Waals surface area (Å²) in [6.45, 7) is 3.82. The van der Waals surface area contributed by atoms with Crippen LogP contribution >= 0.6 is 11.3 Å². The van der Waals surface area contributed by atoms with E-state index in [0.29, 0.717) is 13.1 Å². The summed E-state index contributed by atoms with van der Waals surface area (Å²) in [6.07, 6.45) is 1.68. The van der Waals surface area contributed by atoms with Gasteiger partial charge < -0.3 is 5.32 Å². The number of thiazole rings is 1. The summed E-state index contributed by atoms with van der Waals surface area (Å²) in [7, 11) is -1.55. The van der Waals surface area contributed by atoms with Crippen LogP contribution in [-0.2, 0) is 16.6 Å². The molecule has 0 radical (unpaired) electrons. The quantitative estimate of drug-likeness (QED) is 0.897. The Kier molecular flexibility index (Phi) is 4.37. The first-order chi connectivity index (χ1) is 8.51. The van der Waals surface area contributed by atoms with Gasteiger partial charge in [-0.1, -0.05) is 0 Å². The van der Waals surface area contributed by atoms with Crippen molar-refractivity contribution < 1.29 is 8.42 Å². The van der Waals surface area contributed by atoms with Crippen molar-refractivity contribution in [2.24, 2.45) is 0 Å². The summed E-state index contributed by atoms with van der Waals surface area (Å²) in [5.41, 5.74) is 2.68. The van der Waals surface area contributed by atoms with Crippen molar-refractivity contribution in [3.63, 3.8) is 0 Å². The summed E-state index contributed by atoms with van der Waals surface area (Å²) in [4.78, 5) is 5.17. The lowest BCUT2D eigenvalue weighted by molar-refractivity contribution is 0.430. The molecule has 1 aromatic rings. The zero-order valence-corrected chi connectivity index (χ0v) is 12.4. The molecule has 5 nitrogen and oxygen atoms in total. The van der Waals surface area contributed by atoms with Gasteiger partial charge in [0.15, 0.2) is 0 Å². The number of aryl methyl sites for hydroxylation is 1. The lowest BCUT2D eigenvalue weighted by atomic mass is 10.2. The number of hydrogen-bond acceptors (Lipinski definition) is 5. The Balaban J connectivity index is 2.07. The molecule has 1 N–H and O–H groups in total. The minimum absolute atomic E-state index is 0.288. The molecule has 0 aliphatic carbocycles. The highest BCUT2D eigenvalue weighted by molar-refractivity contribution is 7.89. The van der Waals surface area contributed by atoms with Gasteiger partial charge in [-0.3, -0.25) is 0 Å². The van der Waals surface area contributed by atoms with Crippen molar-refractivity contribution in [2.45, 2.75) is 31.6 Å². The van der Waals surface area contributed by atoms with Crippen LogP contribution in [0.4, 0.5) is 0 Å². The van der Waals surface area contributed by atoms with Gasteiger partial charge in [0.05, 0.1) is 16.5 Å². The number of sulfonamides is 1. The molecule has 1 aliphatic rings. The fourth-order valence-corrected chi connectivity index (χ4v) is 4.62. The Morgan fingerprint density at radius 1 is 1.61 bits per heavy atom. The standard InChI is InChI=1S/C11H19N3O2S2/c1-9-11(17-8-13-9)7-14(2)18(15,16)10-4-3-5-12-6-10/h8,10,12H,3-7H2,1-2H3. The van der Waals surface area contributed by atoms with E-state index >= 15 is 0 Å². The van der Waals surface area contributed by atoms with E-state index in [9.17, 15) is 8.42 Å². The average Bonchev–Trinajstić information content (AvgIpc) is 2.76. The molecule has 0 amide bonds. The summed E-state index contributed by atoms with van der Waals surface area (Å²) in [6, 6.07) is 0. The predicted octanol–water partition coefficient (Wildman–Crippen LogP) is 0.965. The van der Waals surface area contributed by atoms with Gasteiger partial charge in [-0.15, -0.1) is 11.3 Å². The maximum atomic E-state index is 12.4. The molecular weight excluding hydrogens is 270 g/mol. The van der Waals surface area contributed by atoms with Gasteiger partial charge in [0.2, 0.25) is 10.0 Å².